The quantitative estimate of drug-likeness (QED) is 0.651. The summed E-state index contributed by atoms with van der Waals surface area (Å²) in [5.41, 5.74) is 0.657. The van der Waals surface area contributed by atoms with Crippen LogP contribution >= 0.6 is 0 Å². The second-order valence-electron chi connectivity index (χ2n) is 8.66. The standard InChI is InChI=1S/C23H34N2O6/c1-15(26)19(25-14-23(12-18(25)27)10-6-5-7-11-23)22(28)24-13-16-8-9-17(29-2)21(31-4)20(16)30-3/h8-9,15,19,26H,5-7,10-14H2,1-4H3,(H,24,28)/t15-,19+/m1/s1. The van der Waals surface area contributed by atoms with Crippen molar-refractivity contribution in [2.24, 2.45) is 5.41 Å². The number of ether oxygens (including phenoxy) is 3. The minimum absolute atomic E-state index is 0.0463. The topological polar surface area (TPSA) is 97.3 Å². The minimum Gasteiger partial charge on any atom is -0.493 e. The molecule has 2 amide bonds. The van der Waals surface area contributed by atoms with Gasteiger partial charge in [0.15, 0.2) is 11.5 Å². The number of nitrogens with one attached hydrogen (secondary N) is 1. The van der Waals surface area contributed by atoms with E-state index in [0.29, 0.717) is 35.8 Å². The molecule has 3 rings (SSSR count). The zero-order valence-corrected chi connectivity index (χ0v) is 18.9. The van der Waals surface area contributed by atoms with Gasteiger partial charge in [-0.3, -0.25) is 9.59 Å². The van der Waals surface area contributed by atoms with Crippen molar-refractivity contribution in [3.8, 4) is 17.2 Å². The summed E-state index contributed by atoms with van der Waals surface area (Å²) in [6.07, 6.45) is 4.93. The summed E-state index contributed by atoms with van der Waals surface area (Å²) < 4.78 is 16.2. The first-order chi connectivity index (χ1) is 14.9. The molecule has 0 bridgehead atoms. The molecule has 1 aromatic rings. The van der Waals surface area contributed by atoms with Gasteiger partial charge in [0.25, 0.3) is 0 Å². The monoisotopic (exact) mass is 434 g/mol. The molecule has 1 spiro atoms. The molecule has 1 heterocycles. The summed E-state index contributed by atoms with van der Waals surface area (Å²) in [6, 6.07) is 2.61. The number of carbonyl (C=O) groups excluding carboxylic acids is 2. The highest BCUT2D eigenvalue weighted by Crippen LogP contribution is 2.45. The maximum Gasteiger partial charge on any atom is 0.245 e. The summed E-state index contributed by atoms with van der Waals surface area (Å²) in [5.74, 6) is 1.00. The van der Waals surface area contributed by atoms with E-state index in [1.807, 2.05) is 0 Å². The molecule has 0 radical (unpaired) electrons. The molecule has 1 aromatic carbocycles. The van der Waals surface area contributed by atoms with Crippen molar-refractivity contribution in [3.05, 3.63) is 17.7 Å². The number of nitrogens with zero attached hydrogens (tertiary/aromatic N) is 1. The lowest BCUT2D eigenvalue weighted by Gasteiger charge is -2.35. The molecule has 2 fully saturated rings. The third-order valence-corrected chi connectivity index (χ3v) is 6.57. The molecule has 1 saturated carbocycles. The molecule has 31 heavy (non-hydrogen) atoms. The Morgan fingerprint density at radius 3 is 2.39 bits per heavy atom. The fourth-order valence-electron chi connectivity index (χ4n) is 5.03. The highest BCUT2D eigenvalue weighted by atomic mass is 16.5. The van der Waals surface area contributed by atoms with Crippen LogP contribution in [0.25, 0.3) is 0 Å². The average Bonchev–Trinajstić information content (AvgIpc) is 3.06. The smallest absolute Gasteiger partial charge is 0.245 e. The summed E-state index contributed by atoms with van der Waals surface area (Å²) in [6.45, 7) is 2.26. The molecule has 1 aliphatic heterocycles. The van der Waals surface area contributed by atoms with Crippen molar-refractivity contribution in [2.75, 3.05) is 27.9 Å². The number of methoxy groups -OCH3 is 3. The van der Waals surface area contributed by atoms with Gasteiger partial charge in [0.2, 0.25) is 17.6 Å². The second-order valence-corrected chi connectivity index (χ2v) is 8.66. The van der Waals surface area contributed by atoms with E-state index in [1.54, 1.807) is 24.0 Å². The number of hydrogen-bond donors (Lipinski definition) is 2. The van der Waals surface area contributed by atoms with Crippen molar-refractivity contribution in [1.82, 2.24) is 10.2 Å². The van der Waals surface area contributed by atoms with Crippen molar-refractivity contribution in [1.29, 1.82) is 0 Å². The van der Waals surface area contributed by atoms with Crippen LogP contribution in [-0.4, -0.2) is 61.8 Å². The van der Waals surface area contributed by atoms with Crippen LogP contribution in [-0.2, 0) is 16.1 Å². The lowest BCUT2D eigenvalue weighted by atomic mass is 9.73. The van der Waals surface area contributed by atoms with Crippen molar-refractivity contribution < 1.29 is 28.9 Å². The molecule has 8 heteroatoms. The van der Waals surface area contributed by atoms with Crippen molar-refractivity contribution in [3.63, 3.8) is 0 Å². The Balaban J connectivity index is 1.74. The van der Waals surface area contributed by atoms with Gasteiger partial charge in [-0.1, -0.05) is 19.3 Å². The highest BCUT2D eigenvalue weighted by molar-refractivity contribution is 5.89. The van der Waals surface area contributed by atoms with Crippen molar-refractivity contribution >= 4 is 11.8 Å². The Bertz CT molecular complexity index is 804. The number of amides is 2. The van der Waals surface area contributed by atoms with E-state index < -0.39 is 12.1 Å². The van der Waals surface area contributed by atoms with Gasteiger partial charge in [-0.05, 0) is 37.3 Å². The number of likely N-dealkylation sites (tertiary alicyclic amines) is 1. The third kappa shape index (κ3) is 4.74. The predicted molar refractivity (Wildman–Crippen MR) is 115 cm³/mol. The summed E-state index contributed by atoms with van der Waals surface area (Å²) >= 11 is 0. The Morgan fingerprint density at radius 1 is 1.13 bits per heavy atom. The molecule has 2 N–H and O–H groups in total. The molecular weight excluding hydrogens is 400 g/mol. The number of aliphatic hydroxyl groups excluding tert-OH is 1. The summed E-state index contributed by atoms with van der Waals surface area (Å²) in [7, 11) is 4.58. The van der Waals surface area contributed by atoms with Crippen LogP contribution in [0.2, 0.25) is 0 Å². The van der Waals surface area contributed by atoms with E-state index in [9.17, 15) is 14.7 Å². The highest BCUT2D eigenvalue weighted by Gasteiger charge is 2.48. The Labute approximate surface area is 183 Å². The minimum atomic E-state index is -0.977. The first kappa shape index (κ1) is 23.2. The van der Waals surface area contributed by atoms with Crippen molar-refractivity contribution in [2.45, 2.75) is 64.1 Å². The van der Waals surface area contributed by atoms with Crippen LogP contribution in [0.1, 0.15) is 51.0 Å². The fourth-order valence-corrected chi connectivity index (χ4v) is 5.03. The average molecular weight is 435 g/mol. The van der Waals surface area contributed by atoms with E-state index in [2.05, 4.69) is 5.32 Å². The maximum atomic E-state index is 13.1. The summed E-state index contributed by atoms with van der Waals surface area (Å²) in [5, 5.41) is 13.2. The number of hydrogen-bond acceptors (Lipinski definition) is 6. The molecule has 0 aromatic heterocycles. The number of aliphatic hydroxyl groups is 1. The van der Waals surface area contributed by atoms with Gasteiger partial charge in [-0.25, -0.2) is 0 Å². The Hall–Kier alpha value is -2.48. The van der Waals surface area contributed by atoms with E-state index in [1.165, 1.54) is 27.8 Å². The third-order valence-electron chi connectivity index (χ3n) is 6.57. The lowest BCUT2D eigenvalue weighted by Crippen LogP contribution is -2.53. The van der Waals surface area contributed by atoms with Crippen LogP contribution < -0.4 is 19.5 Å². The zero-order chi connectivity index (χ0) is 22.6. The zero-order valence-electron chi connectivity index (χ0n) is 18.9. The van der Waals surface area contributed by atoms with E-state index in [-0.39, 0.29) is 23.8 Å². The Kier molecular flexibility index (Phi) is 7.30. The van der Waals surface area contributed by atoms with E-state index in [4.69, 9.17) is 14.2 Å². The number of carbonyl (C=O) groups is 2. The van der Waals surface area contributed by atoms with Gasteiger partial charge in [-0.15, -0.1) is 0 Å². The first-order valence-corrected chi connectivity index (χ1v) is 10.9. The van der Waals surface area contributed by atoms with Gasteiger partial charge < -0.3 is 29.5 Å². The second kappa shape index (κ2) is 9.77. The molecule has 2 aliphatic rings. The van der Waals surface area contributed by atoms with Crippen LogP contribution in [0, 0.1) is 5.41 Å². The predicted octanol–water partition coefficient (Wildman–Crippen LogP) is 2.26. The van der Waals surface area contributed by atoms with Crippen LogP contribution in [0.3, 0.4) is 0 Å². The van der Waals surface area contributed by atoms with Crippen LogP contribution in [0.15, 0.2) is 12.1 Å². The van der Waals surface area contributed by atoms with Gasteiger partial charge in [-0.2, -0.15) is 0 Å². The largest absolute Gasteiger partial charge is 0.493 e. The Morgan fingerprint density at radius 2 is 1.81 bits per heavy atom. The first-order valence-electron chi connectivity index (χ1n) is 10.9. The van der Waals surface area contributed by atoms with Crippen LogP contribution in [0.5, 0.6) is 17.2 Å². The fraction of sp³-hybridized carbons (Fsp3) is 0.652. The van der Waals surface area contributed by atoms with E-state index >= 15 is 0 Å². The molecule has 1 saturated heterocycles. The molecule has 0 unspecified atom stereocenters. The molecule has 8 nitrogen and oxygen atoms in total. The SMILES string of the molecule is COc1ccc(CNC(=O)[C@H]([C@@H](C)O)N2CC3(CCCCC3)CC2=O)c(OC)c1OC. The van der Waals surface area contributed by atoms with Gasteiger partial charge in [0.1, 0.15) is 6.04 Å². The molecular formula is C23H34N2O6. The van der Waals surface area contributed by atoms with Gasteiger partial charge in [0.05, 0.1) is 27.4 Å². The molecule has 172 valence electrons. The maximum absolute atomic E-state index is 13.1. The van der Waals surface area contributed by atoms with Gasteiger partial charge >= 0.3 is 0 Å². The molecule has 2 atom stereocenters. The van der Waals surface area contributed by atoms with E-state index in [0.717, 1.165) is 25.7 Å². The number of rotatable bonds is 8. The normalized spacial score (nSPS) is 19.8. The van der Waals surface area contributed by atoms with Gasteiger partial charge in [0, 0.05) is 25.1 Å². The summed E-state index contributed by atoms with van der Waals surface area (Å²) in [4.78, 5) is 27.5. The van der Waals surface area contributed by atoms with Crippen LogP contribution in [0.4, 0.5) is 0 Å². The lowest BCUT2D eigenvalue weighted by molar-refractivity contribution is -0.141. The number of benzene rings is 1. The molecule has 1 aliphatic carbocycles.